The molecule has 90 valence electrons. The summed E-state index contributed by atoms with van der Waals surface area (Å²) in [7, 11) is 0. The SMILES string of the molecule is CCC(=O)C=C[C@@H]1[C@@H](C)CC=C(C)C1(C)C. The molecule has 1 rings (SSSR count). The summed E-state index contributed by atoms with van der Waals surface area (Å²) in [6.45, 7) is 10.9. The molecule has 0 N–H and O–H groups in total. The zero-order chi connectivity index (χ0) is 12.3. The average molecular weight is 220 g/mol. The number of hydrogen-bond donors (Lipinski definition) is 0. The second kappa shape index (κ2) is 4.99. The third-order valence-electron chi connectivity index (χ3n) is 4.10. The van der Waals surface area contributed by atoms with Gasteiger partial charge in [-0.2, -0.15) is 0 Å². The molecule has 0 fully saturated rings. The Morgan fingerprint density at radius 3 is 2.75 bits per heavy atom. The highest BCUT2D eigenvalue weighted by atomic mass is 16.1. The first kappa shape index (κ1) is 13.2. The van der Waals surface area contributed by atoms with Crippen LogP contribution in [0, 0.1) is 17.3 Å². The first-order valence-corrected chi connectivity index (χ1v) is 6.27. The highest BCUT2D eigenvalue weighted by molar-refractivity contribution is 5.89. The Bertz CT molecular complexity index is 320. The molecule has 1 aliphatic rings. The van der Waals surface area contributed by atoms with Gasteiger partial charge in [0.1, 0.15) is 0 Å². The topological polar surface area (TPSA) is 17.1 Å². The van der Waals surface area contributed by atoms with E-state index in [0.717, 1.165) is 6.42 Å². The Morgan fingerprint density at radius 2 is 2.19 bits per heavy atom. The van der Waals surface area contributed by atoms with Crippen LogP contribution in [0.5, 0.6) is 0 Å². The highest BCUT2D eigenvalue weighted by Crippen LogP contribution is 2.45. The minimum Gasteiger partial charge on any atom is -0.295 e. The van der Waals surface area contributed by atoms with Crippen molar-refractivity contribution >= 4 is 5.78 Å². The van der Waals surface area contributed by atoms with Crippen LogP contribution in [0.4, 0.5) is 0 Å². The number of carbonyl (C=O) groups is 1. The molecule has 2 atom stereocenters. The summed E-state index contributed by atoms with van der Waals surface area (Å²) in [4.78, 5) is 11.4. The normalized spacial score (nSPS) is 29.2. The van der Waals surface area contributed by atoms with E-state index in [1.54, 1.807) is 6.08 Å². The van der Waals surface area contributed by atoms with Gasteiger partial charge < -0.3 is 0 Å². The lowest BCUT2D eigenvalue weighted by atomic mass is 9.64. The van der Waals surface area contributed by atoms with E-state index in [0.29, 0.717) is 18.3 Å². The molecule has 0 aromatic carbocycles. The van der Waals surface area contributed by atoms with Gasteiger partial charge in [0.25, 0.3) is 0 Å². The summed E-state index contributed by atoms with van der Waals surface area (Å²) in [6.07, 6.45) is 7.99. The van der Waals surface area contributed by atoms with Crippen molar-refractivity contribution in [2.45, 2.75) is 47.5 Å². The van der Waals surface area contributed by atoms with E-state index in [1.807, 2.05) is 6.92 Å². The van der Waals surface area contributed by atoms with Crippen molar-refractivity contribution in [3.05, 3.63) is 23.8 Å². The van der Waals surface area contributed by atoms with Gasteiger partial charge in [-0.25, -0.2) is 0 Å². The number of carbonyl (C=O) groups excluding carboxylic acids is 1. The van der Waals surface area contributed by atoms with Crippen molar-refractivity contribution in [3.8, 4) is 0 Å². The van der Waals surface area contributed by atoms with Crippen molar-refractivity contribution in [2.24, 2.45) is 17.3 Å². The van der Waals surface area contributed by atoms with Gasteiger partial charge in [-0.05, 0) is 36.7 Å². The molecule has 0 aromatic rings. The maximum Gasteiger partial charge on any atom is 0.155 e. The molecular formula is C15H24O. The summed E-state index contributed by atoms with van der Waals surface area (Å²) in [5.41, 5.74) is 1.63. The van der Waals surface area contributed by atoms with E-state index in [9.17, 15) is 4.79 Å². The zero-order valence-corrected chi connectivity index (χ0v) is 11.2. The van der Waals surface area contributed by atoms with Gasteiger partial charge in [-0.15, -0.1) is 0 Å². The molecular weight excluding hydrogens is 196 g/mol. The molecule has 0 bridgehead atoms. The predicted molar refractivity (Wildman–Crippen MR) is 69.2 cm³/mol. The van der Waals surface area contributed by atoms with E-state index in [-0.39, 0.29) is 11.2 Å². The zero-order valence-electron chi connectivity index (χ0n) is 11.2. The molecule has 0 unspecified atom stereocenters. The molecule has 16 heavy (non-hydrogen) atoms. The summed E-state index contributed by atoms with van der Waals surface area (Å²) >= 11 is 0. The van der Waals surface area contributed by atoms with Crippen LogP contribution in [0.25, 0.3) is 0 Å². The van der Waals surface area contributed by atoms with Crippen molar-refractivity contribution in [3.63, 3.8) is 0 Å². The third-order valence-corrected chi connectivity index (χ3v) is 4.10. The molecule has 0 radical (unpaired) electrons. The summed E-state index contributed by atoms with van der Waals surface area (Å²) in [6, 6.07) is 0. The standard InChI is InChI=1S/C15H24O/c1-6-13(16)9-10-14-11(2)7-8-12(3)15(14,4)5/h8-11,14H,6-7H2,1-5H3/t11-,14+/m0/s1. The third kappa shape index (κ3) is 2.63. The molecule has 0 heterocycles. The van der Waals surface area contributed by atoms with Gasteiger partial charge in [-0.3, -0.25) is 4.79 Å². The minimum absolute atomic E-state index is 0.183. The smallest absolute Gasteiger partial charge is 0.155 e. The van der Waals surface area contributed by atoms with Crippen LogP contribution < -0.4 is 0 Å². The van der Waals surface area contributed by atoms with Crippen LogP contribution in [0.2, 0.25) is 0 Å². The molecule has 1 nitrogen and oxygen atoms in total. The Hall–Kier alpha value is -0.850. The maximum absolute atomic E-state index is 11.4. The van der Waals surface area contributed by atoms with E-state index < -0.39 is 0 Å². The fraction of sp³-hybridized carbons (Fsp3) is 0.667. The first-order valence-electron chi connectivity index (χ1n) is 6.27. The number of allylic oxidation sites excluding steroid dienone is 4. The van der Waals surface area contributed by atoms with Gasteiger partial charge in [0.15, 0.2) is 5.78 Å². The van der Waals surface area contributed by atoms with E-state index >= 15 is 0 Å². The second-order valence-electron chi connectivity index (χ2n) is 5.53. The van der Waals surface area contributed by atoms with E-state index in [4.69, 9.17) is 0 Å². The Morgan fingerprint density at radius 1 is 1.56 bits per heavy atom. The van der Waals surface area contributed by atoms with E-state index in [1.165, 1.54) is 5.57 Å². The van der Waals surface area contributed by atoms with Gasteiger partial charge >= 0.3 is 0 Å². The average Bonchev–Trinajstić information content (AvgIpc) is 2.23. The lowest BCUT2D eigenvalue weighted by Gasteiger charge is -2.41. The highest BCUT2D eigenvalue weighted by Gasteiger charge is 2.35. The van der Waals surface area contributed by atoms with Crippen molar-refractivity contribution in [2.75, 3.05) is 0 Å². The number of hydrogen-bond acceptors (Lipinski definition) is 1. The van der Waals surface area contributed by atoms with Crippen LogP contribution >= 0.6 is 0 Å². The van der Waals surface area contributed by atoms with Gasteiger partial charge in [-0.1, -0.05) is 45.4 Å². The molecule has 0 saturated heterocycles. The largest absolute Gasteiger partial charge is 0.295 e. The molecule has 1 heteroatoms. The van der Waals surface area contributed by atoms with Gasteiger partial charge in [0, 0.05) is 6.42 Å². The number of rotatable bonds is 3. The van der Waals surface area contributed by atoms with E-state index in [2.05, 4.69) is 39.8 Å². The van der Waals surface area contributed by atoms with Crippen molar-refractivity contribution < 1.29 is 4.79 Å². The summed E-state index contributed by atoms with van der Waals surface area (Å²) in [5.74, 6) is 1.34. The minimum atomic E-state index is 0.183. The Balaban J connectivity index is 2.89. The van der Waals surface area contributed by atoms with Crippen LogP contribution in [0.3, 0.4) is 0 Å². The first-order chi connectivity index (χ1) is 7.39. The van der Waals surface area contributed by atoms with Gasteiger partial charge in [0.2, 0.25) is 0 Å². The quantitative estimate of drug-likeness (QED) is 0.516. The summed E-state index contributed by atoms with van der Waals surface area (Å²) < 4.78 is 0. The summed E-state index contributed by atoms with van der Waals surface area (Å²) in [5, 5.41) is 0. The Labute approximate surface area is 99.6 Å². The molecule has 0 aromatic heterocycles. The second-order valence-corrected chi connectivity index (χ2v) is 5.53. The van der Waals surface area contributed by atoms with Crippen molar-refractivity contribution in [1.29, 1.82) is 0 Å². The molecule has 0 spiro atoms. The Kier molecular flexibility index (Phi) is 4.12. The molecule has 1 aliphatic carbocycles. The van der Waals surface area contributed by atoms with Crippen LogP contribution in [0.1, 0.15) is 47.5 Å². The maximum atomic E-state index is 11.4. The van der Waals surface area contributed by atoms with Crippen LogP contribution in [0.15, 0.2) is 23.8 Å². The lowest BCUT2D eigenvalue weighted by Crippen LogP contribution is -2.32. The molecule has 0 amide bonds. The van der Waals surface area contributed by atoms with Crippen molar-refractivity contribution in [1.82, 2.24) is 0 Å². The monoisotopic (exact) mass is 220 g/mol. The van der Waals surface area contributed by atoms with Crippen LogP contribution in [-0.2, 0) is 4.79 Å². The lowest BCUT2D eigenvalue weighted by molar-refractivity contribution is -0.114. The van der Waals surface area contributed by atoms with Crippen LogP contribution in [-0.4, -0.2) is 5.78 Å². The van der Waals surface area contributed by atoms with Gasteiger partial charge in [0.05, 0.1) is 0 Å². The molecule has 0 aliphatic heterocycles. The fourth-order valence-electron chi connectivity index (χ4n) is 2.51. The predicted octanol–water partition coefficient (Wildman–Crippen LogP) is 4.15. The fourth-order valence-corrected chi connectivity index (χ4v) is 2.51. The molecule has 0 saturated carbocycles. The number of ketones is 1.